The van der Waals surface area contributed by atoms with E-state index in [-0.39, 0.29) is 11.3 Å². The molecule has 2 aromatic rings. The average Bonchev–Trinajstić information content (AvgIpc) is 2.82. The molecule has 2 rings (SSSR count). The van der Waals surface area contributed by atoms with Crippen LogP contribution >= 0.6 is 0 Å². The van der Waals surface area contributed by atoms with Crippen molar-refractivity contribution in [2.45, 2.75) is 37.1 Å². The first-order valence-corrected chi connectivity index (χ1v) is 8.29. The number of sulfonamides is 1. The normalized spacial score (nSPS) is 13.3. The molecule has 1 heterocycles. The Morgan fingerprint density at radius 2 is 2.00 bits per heavy atom. The molecule has 1 unspecified atom stereocenters. The highest BCUT2D eigenvalue weighted by Gasteiger charge is 2.25. The van der Waals surface area contributed by atoms with Crippen molar-refractivity contribution in [2.24, 2.45) is 0 Å². The molecule has 0 radical (unpaired) electrons. The molecule has 0 aliphatic rings. The zero-order valence-corrected chi connectivity index (χ0v) is 12.7. The number of carbonyl (C=O) groups is 1. The predicted octanol–water partition coefficient (Wildman–Crippen LogP) is 0.778. The zero-order chi connectivity index (χ0) is 16.3. The number of imidazole rings is 1. The van der Waals surface area contributed by atoms with Gasteiger partial charge in [0.1, 0.15) is 6.04 Å². The Kier molecular flexibility index (Phi) is 4.67. The van der Waals surface area contributed by atoms with Crippen molar-refractivity contribution in [3.05, 3.63) is 28.7 Å². The first-order chi connectivity index (χ1) is 10.3. The molecule has 0 saturated carbocycles. The lowest BCUT2D eigenvalue weighted by atomic mass is 10.1. The largest absolute Gasteiger partial charge is 0.480 e. The van der Waals surface area contributed by atoms with Gasteiger partial charge in [-0.3, -0.25) is 4.79 Å². The summed E-state index contributed by atoms with van der Waals surface area (Å²) in [6.45, 7) is 1.89. The van der Waals surface area contributed by atoms with Gasteiger partial charge >= 0.3 is 11.7 Å². The molecule has 1 aromatic heterocycles. The van der Waals surface area contributed by atoms with Gasteiger partial charge in [0.2, 0.25) is 10.0 Å². The van der Waals surface area contributed by atoms with Crippen LogP contribution < -0.4 is 10.4 Å². The van der Waals surface area contributed by atoms with Crippen LogP contribution in [0.4, 0.5) is 0 Å². The van der Waals surface area contributed by atoms with Crippen LogP contribution in [-0.2, 0) is 14.8 Å². The van der Waals surface area contributed by atoms with E-state index in [9.17, 15) is 18.0 Å². The highest BCUT2D eigenvalue weighted by molar-refractivity contribution is 7.89. The topological polar surface area (TPSA) is 132 Å². The van der Waals surface area contributed by atoms with Crippen molar-refractivity contribution in [2.75, 3.05) is 0 Å². The Balaban J connectivity index is 2.30. The summed E-state index contributed by atoms with van der Waals surface area (Å²) in [4.78, 5) is 27.2. The van der Waals surface area contributed by atoms with E-state index in [1.807, 2.05) is 6.92 Å². The Morgan fingerprint density at radius 1 is 1.32 bits per heavy atom. The first-order valence-electron chi connectivity index (χ1n) is 6.80. The minimum atomic E-state index is -3.98. The summed E-state index contributed by atoms with van der Waals surface area (Å²) < 4.78 is 26.8. The van der Waals surface area contributed by atoms with Crippen LogP contribution in [0.2, 0.25) is 0 Å². The van der Waals surface area contributed by atoms with Crippen LogP contribution in [0.25, 0.3) is 11.0 Å². The second-order valence-electron chi connectivity index (χ2n) is 4.94. The third-order valence-electron chi connectivity index (χ3n) is 3.24. The SMILES string of the molecule is CCCCC(NS(=O)(=O)c1ccc2[nH]c(=O)[nH]c2c1)C(=O)O. The van der Waals surface area contributed by atoms with E-state index < -0.39 is 27.7 Å². The fraction of sp³-hybridized carbons (Fsp3) is 0.385. The lowest BCUT2D eigenvalue weighted by molar-refractivity contribution is -0.139. The standard InChI is InChI=1S/C13H17N3O5S/c1-2-3-4-10(12(17)18)16-22(20,21)8-5-6-9-11(7-8)15-13(19)14-9/h5-7,10,16H,2-4H2,1H3,(H,17,18)(H2,14,15,19). The number of aliphatic carboxylic acids is 1. The van der Waals surface area contributed by atoms with Crippen LogP contribution in [0, 0.1) is 0 Å². The number of hydrogen-bond acceptors (Lipinski definition) is 4. The molecule has 0 fully saturated rings. The van der Waals surface area contributed by atoms with Gasteiger partial charge in [0, 0.05) is 0 Å². The summed E-state index contributed by atoms with van der Waals surface area (Å²) in [6, 6.07) is 2.87. The van der Waals surface area contributed by atoms with Crippen molar-refractivity contribution >= 4 is 27.0 Å². The van der Waals surface area contributed by atoms with Gasteiger partial charge in [0.15, 0.2) is 0 Å². The third kappa shape index (κ3) is 3.55. The maximum absolute atomic E-state index is 12.3. The van der Waals surface area contributed by atoms with E-state index >= 15 is 0 Å². The summed E-state index contributed by atoms with van der Waals surface area (Å²) in [7, 11) is -3.98. The maximum atomic E-state index is 12.3. The first kappa shape index (κ1) is 16.2. The van der Waals surface area contributed by atoms with Gasteiger partial charge in [-0.2, -0.15) is 4.72 Å². The Hall–Kier alpha value is -2.13. The second kappa shape index (κ2) is 6.32. The van der Waals surface area contributed by atoms with Crippen LogP contribution in [0.1, 0.15) is 26.2 Å². The van der Waals surface area contributed by atoms with Gasteiger partial charge in [-0.15, -0.1) is 0 Å². The molecule has 8 nitrogen and oxygen atoms in total. The number of benzene rings is 1. The summed E-state index contributed by atoms with van der Waals surface area (Å²) in [5.41, 5.74) is 0.377. The van der Waals surface area contributed by atoms with E-state index in [1.165, 1.54) is 18.2 Å². The highest BCUT2D eigenvalue weighted by Crippen LogP contribution is 2.16. The highest BCUT2D eigenvalue weighted by atomic mass is 32.2. The molecule has 0 spiro atoms. The number of nitrogens with one attached hydrogen (secondary N) is 3. The molecule has 22 heavy (non-hydrogen) atoms. The van der Waals surface area contributed by atoms with Crippen LogP contribution in [0.3, 0.4) is 0 Å². The summed E-state index contributed by atoms with van der Waals surface area (Å²) >= 11 is 0. The molecule has 0 aliphatic carbocycles. The number of carboxylic acid groups (broad SMARTS) is 1. The van der Waals surface area contributed by atoms with E-state index in [4.69, 9.17) is 5.11 Å². The summed E-state index contributed by atoms with van der Waals surface area (Å²) in [6.07, 6.45) is 1.58. The summed E-state index contributed by atoms with van der Waals surface area (Å²) in [5.74, 6) is -1.21. The molecule has 0 aliphatic heterocycles. The third-order valence-corrected chi connectivity index (χ3v) is 4.71. The quantitative estimate of drug-likeness (QED) is 0.596. The molecule has 0 saturated heterocycles. The van der Waals surface area contributed by atoms with Gasteiger partial charge < -0.3 is 15.1 Å². The monoisotopic (exact) mass is 327 g/mol. The molecule has 0 amide bonds. The molecule has 4 N–H and O–H groups in total. The van der Waals surface area contributed by atoms with E-state index in [0.717, 1.165) is 6.42 Å². The number of aromatic nitrogens is 2. The Labute approximate surface area is 126 Å². The lowest BCUT2D eigenvalue weighted by Gasteiger charge is -2.14. The molecule has 120 valence electrons. The van der Waals surface area contributed by atoms with Crippen LogP contribution in [0.15, 0.2) is 27.9 Å². The fourth-order valence-corrected chi connectivity index (χ4v) is 3.32. The molecular weight excluding hydrogens is 310 g/mol. The number of aromatic amines is 2. The van der Waals surface area contributed by atoms with Crippen molar-refractivity contribution in [3.8, 4) is 0 Å². The molecular formula is C13H17N3O5S. The van der Waals surface area contributed by atoms with Crippen molar-refractivity contribution < 1.29 is 18.3 Å². The second-order valence-corrected chi connectivity index (χ2v) is 6.65. The molecule has 0 bridgehead atoms. The van der Waals surface area contributed by atoms with Gasteiger partial charge in [-0.1, -0.05) is 19.8 Å². The molecule has 1 atom stereocenters. The predicted molar refractivity (Wildman–Crippen MR) is 80.2 cm³/mol. The number of H-pyrrole nitrogens is 2. The van der Waals surface area contributed by atoms with Crippen molar-refractivity contribution in [1.82, 2.24) is 14.7 Å². The number of unbranched alkanes of at least 4 members (excludes halogenated alkanes) is 1. The fourth-order valence-electron chi connectivity index (χ4n) is 2.08. The van der Waals surface area contributed by atoms with Crippen LogP contribution in [0.5, 0.6) is 0 Å². The van der Waals surface area contributed by atoms with Crippen LogP contribution in [-0.4, -0.2) is 35.5 Å². The van der Waals surface area contributed by atoms with E-state index in [1.54, 1.807) is 0 Å². The minimum absolute atomic E-state index is 0.0991. The van der Waals surface area contributed by atoms with Gasteiger partial charge in [0.25, 0.3) is 0 Å². The summed E-state index contributed by atoms with van der Waals surface area (Å²) in [5, 5.41) is 9.11. The number of rotatable bonds is 7. The van der Waals surface area contributed by atoms with Gasteiger partial charge in [-0.25, -0.2) is 13.2 Å². The van der Waals surface area contributed by atoms with E-state index in [2.05, 4.69) is 14.7 Å². The number of hydrogen-bond donors (Lipinski definition) is 4. The van der Waals surface area contributed by atoms with Crippen molar-refractivity contribution in [1.29, 1.82) is 0 Å². The molecule has 9 heteroatoms. The Morgan fingerprint density at radius 3 is 2.64 bits per heavy atom. The minimum Gasteiger partial charge on any atom is -0.480 e. The Bertz CT molecular complexity index is 837. The van der Waals surface area contributed by atoms with Gasteiger partial charge in [-0.05, 0) is 24.6 Å². The van der Waals surface area contributed by atoms with Gasteiger partial charge in [0.05, 0.1) is 15.9 Å². The zero-order valence-electron chi connectivity index (χ0n) is 11.9. The van der Waals surface area contributed by atoms with E-state index in [0.29, 0.717) is 17.5 Å². The molecule has 1 aromatic carbocycles. The lowest BCUT2D eigenvalue weighted by Crippen LogP contribution is -2.40. The van der Waals surface area contributed by atoms with Crippen molar-refractivity contribution in [3.63, 3.8) is 0 Å². The average molecular weight is 327 g/mol. The smallest absolute Gasteiger partial charge is 0.323 e. The number of fused-ring (bicyclic) bond motifs is 1. The number of carboxylic acids is 1. The maximum Gasteiger partial charge on any atom is 0.323 e.